The Kier molecular flexibility index (Phi) is 3.76. The number of hydrogen-bond donors (Lipinski definition) is 4. The van der Waals surface area contributed by atoms with Crippen LogP contribution in [-0.4, -0.2) is 33.7 Å². The maximum absolute atomic E-state index is 13.7. The molecule has 0 radical (unpaired) electrons. The Bertz CT molecular complexity index is 744. The van der Waals surface area contributed by atoms with Gasteiger partial charge < -0.3 is 20.6 Å². The SMILES string of the molecule is CCCC1CC[C@H]2[C@H]3Cc4c(O)c(O)c(O)c(C)c4[C@@]2(CCN3)C1=O. The first-order valence-electron chi connectivity index (χ1n) is 9.48. The topological polar surface area (TPSA) is 89.8 Å². The molecule has 2 aliphatic carbocycles. The van der Waals surface area contributed by atoms with Gasteiger partial charge in [-0.3, -0.25) is 4.79 Å². The normalized spacial score (nSPS) is 33.7. The first-order valence-corrected chi connectivity index (χ1v) is 9.48. The summed E-state index contributed by atoms with van der Waals surface area (Å²) in [6.45, 7) is 4.64. The van der Waals surface area contributed by atoms with Gasteiger partial charge in [0, 0.05) is 17.5 Å². The summed E-state index contributed by atoms with van der Waals surface area (Å²) in [4.78, 5) is 13.7. The van der Waals surface area contributed by atoms with E-state index in [1.165, 1.54) is 0 Å². The molecule has 5 heteroatoms. The minimum Gasteiger partial charge on any atom is -0.504 e. The number of rotatable bonds is 2. The molecule has 3 aliphatic rings. The molecule has 4 atom stereocenters. The molecular formula is C20H27NO4. The van der Waals surface area contributed by atoms with Crippen molar-refractivity contribution >= 4 is 5.78 Å². The van der Waals surface area contributed by atoms with Crippen LogP contribution in [-0.2, 0) is 16.6 Å². The number of phenols is 3. The minimum absolute atomic E-state index is 0.0587. The summed E-state index contributed by atoms with van der Waals surface area (Å²) in [5.41, 5.74) is 1.37. The molecular weight excluding hydrogens is 318 g/mol. The smallest absolute Gasteiger partial charge is 0.200 e. The first kappa shape index (κ1) is 16.7. The molecule has 2 bridgehead atoms. The van der Waals surface area contributed by atoms with Crippen LogP contribution in [0.5, 0.6) is 17.2 Å². The van der Waals surface area contributed by atoms with Gasteiger partial charge in [0.2, 0.25) is 5.75 Å². The second-order valence-corrected chi connectivity index (χ2v) is 8.04. The Labute approximate surface area is 148 Å². The van der Waals surface area contributed by atoms with Crippen molar-refractivity contribution in [1.29, 1.82) is 0 Å². The molecule has 0 amide bonds. The van der Waals surface area contributed by atoms with Crippen molar-refractivity contribution in [2.45, 2.75) is 63.8 Å². The molecule has 136 valence electrons. The van der Waals surface area contributed by atoms with Crippen molar-refractivity contribution in [2.24, 2.45) is 11.8 Å². The molecule has 1 aliphatic heterocycles. The van der Waals surface area contributed by atoms with E-state index < -0.39 is 11.2 Å². The molecule has 0 aromatic heterocycles. The fourth-order valence-corrected chi connectivity index (χ4v) is 5.95. The quantitative estimate of drug-likeness (QED) is 0.619. The first-order chi connectivity index (χ1) is 11.9. The standard InChI is InChI=1S/C20H27NO4/c1-3-4-11-5-6-13-14-9-12-15(10(2)16(22)18(24)17(12)23)20(13,19(11)25)7-8-21-14/h11,13-14,21-24H,3-9H2,1-2H3/t11?,13-,14+,20-/m0/s1. The highest BCUT2D eigenvalue weighted by Gasteiger charge is 2.59. The Morgan fingerprint density at radius 3 is 2.64 bits per heavy atom. The van der Waals surface area contributed by atoms with Gasteiger partial charge in [-0.05, 0) is 62.6 Å². The van der Waals surface area contributed by atoms with E-state index in [0.29, 0.717) is 24.0 Å². The van der Waals surface area contributed by atoms with Gasteiger partial charge in [-0.15, -0.1) is 0 Å². The highest BCUT2D eigenvalue weighted by molar-refractivity contribution is 5.95. The van der Waals surface area contributed by atoms with E-state index in [-0.39, 0.29) is 35.2 Å². The number of aromatic hydroxyl groups is 3. The number of Topliss-reactive ketones (excluding diaryl/α,β-unsaturated/α-hetero) is 1. The van der Waals surface area contributed by atoms with Crippen LogP contribution in [0.1, 0.15) is 55.7 Å². The zero-order chi connectivity index (χ0) is 17.9. The van der Waals surface area contributed by atoms with E-state index in [1.54, 1.807) is 6.92 Å². The summed E-state index contributed by atoms with van der Waals surface area (Å²) in [5.74, 6) is -0.454. The Hall–Kier alpha value is -1.75. The number of nitrogens with one attached hydrogen (secondary N) is 1. The lowest BCUT2D eigenvalue weighted by molar-refractivity contribution is -0.138. The van der Waals surface area contributed by atoms with Gasteiger partial charge in [0.15, 0.2) is 11.5 Å². The van der Waals surface area contributed by atoms with Gasteiger partial charge in [0.05, 0.1) is 5.41 Å². The van der Waals surface area contributed by atoms with E-state index in [2.05, 4.69) is 12.2 Å². The van der Waals surface area contributed by atoms with Crippen LogP contribution >= 0.6 is 0 Å². The Morgan fingerprint density at radius 2 is 1.92 bits per heavy atom. The average Bonchev–Trinajstić information content (AvgIpc) is 2.60. The van der Waals surface area contributed by atoms with Crippen molar-refractivity contribution in [3.8, 4) is 17.2 Å². The number of piperidine rings is 1. The summed E-state index contributed by atoms with van der Waals surface area (Å²) >= 11 is 0. The molecule has 25 heavy (non-hydrogen) atoms. The number of phenolic OH excluding ortho intramolecular Hbond substituents is 3. The lowest BCUT2D eigenvalue weighted by Gasteiger charge is -2.56. The molecule has 1 saturated carbocycles. The highest BCUT2D eigenvalue weighted by atomic mass is 16.3. The van der Waals surface area contributed by atoms with Crippen LogP contribution in [0, 0.1) is 18.8 Å². The summed E-state index contributed by atoms with van der Waals surface area (Å²) in [7, 11) is 0. The predicted octanol–water partition coefficient (Wildman–Crippen LogP) is 2.66. The summed E-state index contributed by atoms with van der Waals surface area (Å²) in [6, 6.07) is 0.141. The van der Waals surface area contributed by atoms with Crippen molar-refractivity contribution in [1.82, 2.24) is 5.32 Å². The summed E-state index contributed by atoms with van der Waals surface area (Å²) < 4.78 is 0. The summed E-state index contributed by atoms with van der Waals surface area (Å²) in [6.07, 6.45) is 5.10. The zero-order valence-corrected chi connectivity index (χ0v) is 14.9. The Morgan fingerprint density at radius 1 is 1.16 bits per heavy atom. The van der Waals surface area contributed by atoms with E-state index in [1.807, 2.05) is 0 Å². The van der Waals surface area contributed by atoms with Crippen LogP contribution < -0.4 is 5.32 Å². The second-order valence-electron chi connectivity index (χ2n) is 8.04. The number of benzene rings is 1. The molecule has 4 N–H and O–H groups in total. The van der Waals surface area contributed by atoms with E-state index in [0.717, 1.165) is 37.8 Å². The van der Waals surface area contributed by atoms with Crippen molar-refractivity contribution in [3.05, 3.63) is 16.7 Å². The molecule has 0 spiro atoms. The third-order valence-electron chi connectivity index (χ3n) is 6.95. The van der Waals surface area contributed by atoms with E-state index in [9.17, 15) is 20.1 Å². The fraction of sp³-hybridized carbons (Fsp3) is 0.650. The molecule has 5 nitrogen and oxygen atoms in total. The second kappa shape index (κ2) is 5.63. The van der Waals surface area contributed by atoms with Crippen LogP contribution in [0.3, 0.4) is 0 Å². The fourth-order valence-electron chi connectivity index (χ4n) is 5.95. The molecule has 4 rings (SSSR count). The van der Waals surface area contributed by atoms with Gasteiger partial charge in [0.1, 0.15) is 5.78 Å². The Balaban J connectivity index is 1.98. The number of fused-ring (bicyclic) bond motifs is 1. The lowest BCUT2D eigenvalue weighted by Crippen LogP contribution is -2.64. The predicted molar refractivity (Wildman–Crippen MR) is 94.1 cm³/mol. The molecule has 1 aromatic rings. The zero-order valence-electron chi connectivity index (χ0n) is 14.9. The third kappa shape index (κ3) is 2.02. The largest absolute Gasteiger partial charge is 0.504 e. The van der Waals surface area contributed by atoms with Gasteiger partial charge in [0.25, 0.3) is 0 Å². The van der Waals surface area contributed by atoms with Crippen LogP contribution in [0.2, 0.25) is 0 Å². The number of hydrogen-bond acceptors (Lipinski definition) is 5. The third-order valence-corrected chi connectivity index (χ3v) is 6.95. The monoisotopic (exact) mass is 345 g/mol. The molecule has 1 aromatic carbocycles. The summed E-state index contributed by atoms with van der Waals surface area (Å²) in [5, 5.41) is 34.5. The van der Waals surface area contributed by atoms with Crippen molar-refractivity contribution in [3.63, 3.8) is 0 Å². The number of carbonyl (C=O) groups excluding carboxylic acids is 1. The van der Waals surface area contributed by atoms with Crippen LogP contribution in [0.15, 0.2) is 0 Å². The van der Waals surface area contributed by atoms with Gasteiger partial charge in [-0.25, -0.2) is 0 Å². The lowest BCUT2D eigenvalue weighted by atomic mass is 9.49. The maximum atomic E-state index is 13.7. The number of ketones is 1. The molecule has 1 heterocycles. The molecule has 2 fully saturated rings. The van der Waals surface area contributed by atoms with Crippen molar-refractivity contribution < 1.29 is 20.1 Å². The molecule has 1 saturated heterocycles. The van der Waals surface area contributed by atoms with Crippen molar-refractivity contribution in [2.75, 3.05) is 6.54 Å². The van der Waals surface area contributed by atoms with Crippen LogP contribution in [0.4, 0.5) is 0 Å². The number of carbonyl (C=O) groups is 1. The van der Waals surface area contributed by atoms with Gasteiger partial charge in [-0.1, -0.05) is 13.3 Å². The average molecular weight is 345 g/mol. The molecule has 1 unspecified atom stereocenters. The highest BCUT2D eigenvalue weighted by Crippen LogP contribution is 2.59. The maximum Gasteiger partial charge on any atom is 0.200 e. The van der Waals surface area contributed by atoms with Gasteiger partial charge >= 0.3 is 0 Å². The van der Waals surface area contributed by atoms with E-state index >= 15 is 0 Å². The van der Waals surface area contributed by atoms with E-state index in [4.69, 9.17) is 0 Å². The van der Waals surface area contributed by atoms with Crippen LogP contribution in [0.25, 0.3) is 0 Å². The van der Waals surface area contributed by atoms with Gasteiger partial charge in [-0.2, -0.15) is 0 Å². The minimum atomic E-state index is -0.631.